The van der Waals surface area contributed by atoms with Crippen LogP contribution in [0.25, 0.3) is 11.5 Å². The van der Waals surface area contributed by atoms with Crippen molar-refractivity contribution >= 4 is 5.82 Å². The Hall–Kier alpha value is -1.89. The highest BCUT2D eigenvalue weighted by Gasteiger charge is 2.24. The zero-order chi connectivity index (χ0) is 11.0. The fourth-order valence-corrected chi connectivity index (χ4v) is 1.71. The number of hydrogen-bond donors (Lipinski definition) is 2. The van der Waals surface area contributed by atoms with E-state index < -0.39 is 0 Å². The maximum atomic E-state index is 5.66. The summed E-state index contributed by atoms with van der Waals surface area (Å²) in [4.78, 5) is 4.30. The van der Waals surface area contributed by atoms with Crippen molar-refractivity contribution in [1.82, 2.24) is 20.3 Å². The zero-order valence-electron chi connectivity index (χ0n) is 8.51. The summed E-state index contributed by atoms with van der Waals surface area (Å²) in [5.74, 6) is 1.73. The molecule has 0 saturated carbocycles. The molecule has 0 aromatic carbocycles. The number of ether oxygens (including phenoxy) is 1. The second kappa shape index (κ2) is 3.60. The molecule has 3 rings (SSSR count). The van der Waals surface area contributed by atoms with E-state index in [9.17, 15) is 0 Å². The molecule has 2 aromatic heterocycles. The number of hydrogen-bond acceptors (Lipinski definition) is 6. The lowest BCUT2D eigenvalue weighted by Gasteiger charge is -1.97. The first-order chi connectivity index (χ1) is 7.84. The van der Waals surface area contributed by atoms with Gasteiger partial charge in [-0.25, -0.2) is 0 Å². The van der Waals surface area contributed by atoms with Crippen LogP contribution < -0.4 is 5.73 Å². The highest BCUT2D eigenvalue weighted by Crippen LogP contribution is 2.26. The number of anilines is 1. The van der Waals surface area contributed by atoms with Gasteiger partial charge in [0.05, 0.1) is 12.8 Å². The number of H-pyrrole nitrogens is 1. The maximum absolute atomic E-state index is 5.66. The average Bonchev–Trinajstić information content (AvgIpc) is 2.96. The molecule has 1 aliphatic rings. The van der Waals surface area contributed by atoms with Gasteiger partial charge in [0.1, 0.15) is 11.4 Å². The van der Waals surface area contributed by atoms with Crippen LogP contribution in [0.1, 0.15) is 18.2 Å². The van der Waals surface area contributed by atoms with Gasteiger partial charge in [-0.1, -0.05) is 5.16 Å². The first kappa shape index (κ1) is 9.34. The molecule has 2 aromatic rings. The molecule has 7 nitrogen and oxygen atoms in total. The monoisotopic (exact) mass is 221 g/mol. The third kappa shape index (κ3) is 1.45. The molecule has 0 radical (unpaired) electrons. The van der Waals surface area contributed by atoms with E-state index in [4.69, 9.17) is 15.0 Å². The summed E-state index contributed by atoms with van der Waals surface area (Å²) in [6.07, 6.45) is 2.50. The molecular weight excluding hydrogens is 210 g/mol. The van der Waals surface area contributed by atoms with Gasteiger partial charge < -0.3 is 15.0 Å². The molecule has 84 valence electrons. The first-order valence-corrected chi connectivity index (χ1v) is 5.05. The molecule has 0 spiro atoms. The van der Waals surface area contributed by atoms with E-state index in [2.05, 4.69) is 20.3 Å². The van der Waals surface area contributed by atoms with Crippen molar-refractivity contribution < 1.29 is 9.26 Å². The van der Waals surface area contributed by atoms with Crippen LogP contribution in [0.4, 0.5) is 5.82 Å². The molecule has 1 unspecified atom stereocenters. The SMILES string of the molecule is Nc1[nH]ncc1-c1nc(C2CCOC2)no1. The molecule has 1 fully saturated rings. The van der Waals surface area contributed by atoms with Gasteiger partial charge in [0.2, 0.25) is 0 Å². The highest BCUT2D eigenvalue weighted by atomic mass is 16.5. The Morgan fingerprint density at radius 3 is 3.12 bits per heavy atom. The molecule has 0 amide bonds. The molecule has 1 saturated heterocycles. The van der Waals surface area contributed by atoms with Crippen LogP contribution in [0.3, 0.4) is 0 Å². The third-order valence-corrected chi connectivity index (χ3v) is 2.64. The summed E-state index contributed by atoms with van der Waals surface area (Å²) in [6, 6.07) is 0. The largest absolute Gasteiger partial charge is 0.383 e. The fourth-order valence-electron chi connectivity index (χ4n) is 1.71. The van der Waals surface area contributed by atoms with Crippen molar-refractivity contribution in [3.63, 3.8) is 0 Å². The summed E-state index contributed by atoms with van der Waals surface area (Å²) < 4.78 is 10.4. The smallest absolute Gasteiger partial charge is 0.263 e. The maximum Gasteiger partial charge on any atom is 0.263 e. The summed E-state index contributed by atoms with van der Waals surface area (Å²) in [7, 11) is 0. The molecule has 0 aliphatic carbocycles. The van der Waals surface area contributed by atoms with Gasteiger partial charge in [0, 0.05) is 12.5 Å². The van der Waals surface area contributed by atoms with Crippen LogP contribution in [-0.2, 0) is 4.74 Å². The van der Waals surface area contributed by atoms with E-state index in [1.54, 1.807) is 6.20 Å². The second-order valence-corrected chi connectivity index (χ2v) is 3.72. The lowest BCUT2D eigenvalue weighted by Crippen LogP contribution is -1.99. The van der Waals surface area contributed by atoms with Gasteiger partial charge in [-0.15, -0.1) is 0 Å². The van der Waals surface area contributed by atoms with Crippen LogP contribution in [0.2, 0.25) is 0 Å². The summed E-state index contributed by atoms with van der Waals surface area (Å²) in [5.41, 5.74) is 6.30. The van der Waals surface area contributed by atoms with Gasteiger partial charge >= 0.3 is 0 Å². The minimum atomic E-state index is 0.227. The summed E-state index contributed by atoms with van der Waals surface area (Å²) in [5, 5.41) is 10.4. The van der Waals surface area contributed by atoms with Gasteiger partial charge in [0.25, 0.3) is 5.89 Å². The lowest BCUT2D eigenvalue weighted by molar-refractivity contribution is 0.192. The average molecular weight is 221 g/mol. The van der Waals surface area contributed by atoms with Gasteiger partial charge in [0.15, 0.2) is 5.82 Å². The van der Waals surface area contributed by atoms with Crippen molar-refractivity contribution in [3.05, 3.63) is 12.0 Å². The number of aromatic nitrogens is 4. The molecule has 3 N–H and O–H groups in total. The predicted molar refractivity (Wildman–Crippen MR) is 54.5 cm³/mol. The Labute approximate surface area is 91.0 Å². The van der Waals surface area contributed by atoms with Gasteiger partial charge in [-0.2, -0.15) is 10.1 Å². The fraction of sp³-hybridized carbons (Fsp3) is 0.444. The van der Waals surface area contributed by atoms with Gasteiger partial charge in [-0.3, -0.25) is 5.10 Å². The van der Waals surface area contributed by atoms with Gasteiger partial charge in [-0.05, 0) is 6.42 Å². The highest BCUT2D eigenvalue weighted by molar-refractivity contribution is 5.65. The molecule has 7 heteroatoms. The third-order valence-electron chi connectivity index (χ3n) is 2.64. The molecule has 16 heavy (non-hydrogen) atoms. The summed E-state index contributed by atoms with van der Waals surface area (Å²) >= 11 is 0. The Kier molecular flexibility index (Phi) is 2.10. The van der Waals surface area contributed by atoms with Crippen molar-refractivity contribution in [3.8, 4) is 11.5 Å². The van der Waals surface area contributed by atoms with Crippen LogP contribution in [0.5, 0.6) is 0 Å². The van der Waals surface area contributed by atoms with E-state index in [1.165, 1.54) is 0 Å². The zero-order valence-corrected chi connectivity index (χ0v) is 8.51. The standard InChI is InChI=1S/C9H11N5O2/c10-7-6(3-11-13-7)9-12-8(14-16-9)5-1-2-15-4-5/h3,5H,1-2,4H2,(H3,10,11,13). The van der Waals surface area contributed by atoms with Crippen LogP contribution in [0.15, 0.2) is 10.7 Å². The molecule has 1 atom stereocenters. The number of nitrogens with one attached hydrogen (secondary N) is 1. The number of nitrogen functional groups attached to an aromatic ring is 1. The van der Waals surface area contributed by atoms with Crippen molar-refractivity contribution in [2.45, 2.75) is 12.3 Å². The normalized spacial score (nSPS) is 20.4. The quantitative estimate of drug-likeness (QED) is 0.767. The van der Waals surface area contributed by atoms with E-state index in [-0.39, 0.29) is 5.92 Å². The van der Waals surface area contributed by atoms with Crippen molar-refractivity contribution in [1.29, 1.82) is 0 Å². The van der Waals surface area contributed by atoms with Crippen LogP contribution in [-0.4, -0.2) is 33.6 Å². The molecule has 1 aliphatic heterocycles. The topological polar surface area (TPSA) is 103 Å². The minimum Gasteiger partial charge on any atom is -0.383 e. The number of aromatic amines is 1. The van der Waals surface area contributed by atoms with E-state index in [0.29, 0.717) is 29.7 Å². The van der Waals surface area contributed by atoms with Crippen LogP contribution in [0, 0.1) is 0 Å². The molecule has 0 bridgehead atoms. The van der Waals surface area contributed by atoms with E-state index in [1.807, 2.05) is 0 Å². The predicted octanol–water partition coefficient (Wildman–Crippen LogP) is 0.546. The molecular formula is C9H11N5O2. The lowest BCUT2D eigenvalue weighted by atomic mass is 10.1. The second-order valence-electron chi connectivity index (χ2n) is 3.72. The number of nitrogens with zero attached hydrogens (tertiary/aromatic N) is 3. The molecule has 3 heterocycles. The number of rotatable bonds is 2. The number of nitrogens with two attached hydrogens (primary N) is 1. The van der Waals surface area contributed by atoms with Crippen LogP contribution >= 0.6 is 0 Å². The minimum absolute atomic E-state index is 0.227. The Balaban J connectivity index is 1.90. The summed E-state index contributed by atoms with van der Waals surface area (Å²) in [6.45, 7) is 1.40. The van der Waals surface area contributed by atoms with E-state index in [0.717, 1.165) is 13.0 Å². The van der Waals surface area contributed by atoms with Crippen molar-refractivity contribution in [2.75, 3.05) is 18.9 Å². The van der Waals surface area contributed by atoms with Crippen molar-refractivity contribution in [2.24, 2.45) is 0 Å². The Morgan fingerprint density at radius 1 is 1.50 bits per heavy atom. The Morgan fingerprint density at radius 2 is 2.44 bits per heavy atom. The Bertz CT molecular complexity index is 486. The van der Waals surface area contributed by atoms with E-state index >= 15 is 0 Å². The first-order valence-electron chi connectivity index (χ1n) is 5.05.